The molecule has 0 saturated heterocycles. The summed E-state index contributed by atoms with van der Waals surface area (Å²) in [6, 6.07) is 2.40. The van der Waals surface area contributed by atoms with Crippen LogP contribution in [0.3, 0.4) is 0 Å². The van der Waals surface area contributed by atoms with Gasteiger partial charge in [-0.25, -0.2) is 4.98 Å². The maximum Gasteiger partial charge on any atom is 0.105 e. The first-order valence-electron chi connectivity index (χ1n) is 7.03. The quantitative estimate of drug-likeness (QED) is 0.901. The summed E-state index contributed by atoms with van der Waals surface area (Å²) in [6.07, 6.45) is 1.98. The summed E-state index contributed by atoms with van der Waals surface area (Å²) >= 11 is 1.79. The van der Waals surface area contributed by atoms with Crippen molar-refractivity contribution >= 4 is 11.3 Å². The molecule has 1 N–H and O–H groups in total. The minimum absolute atomic E-state index is 0.132. The van der Waals surface area contributed by atoms with E-state index in [-0.39, 0.29) is 11.5 Å². The first kappa shape index (κ1) is 15.3. The molecule has 0 amide bonds. The van der Waals surface area contributed by atoms with Crippen LogP contribution in [0.25, 0.3) is 0 Å². The zero-order valence-corrected chi connectivity index (χ0v) is 14.0. The summed E-state index contributed by atoms with van der Waals surface area (Å²) in [5, 5.41) is 4.74. The molecule has 0 bridgehead atoms. The third-order valence-corrected chi connectivity index (χ3v) is 4.75. The van der Waals surface area contributed by atoms with Crippen LogP contribution in [0, 0.1) is 13.8 Å². The highest BCUT2D eigenvalue weighted by molar-refractivity contribution is 7.11. The van der Waals surface area contributed by atoms with Gasteiger partial charge >= 0.3 is 0 Å². The van der Waals surface area contributed by atoms with Gasteiger partial charge in [-0.2, -0.15) is 0 Å². The van der Waals surface area contributed by atoms with E-state index in [1.165, 1.54) is 15.4 Å². The fourth-order valence-corrected chi connectivity index (χ4v) is 3.10. The molecule has 2 rings (SSSR count). The van der Waals surface area contributed by atoms with Gasteiger partial charge in [-0.05, 0) is 26.8 Å². The Bertz CT molecular complexity index is 578. The molecule has 2 aromatic heterocycles. The number of rotatable bonds is 4. The van der Waals surface area contributed by atoms with Gasteiger partial charge in [0.2, 0.25) is 0 Å². The van der Waals surface area contributed by atoms with Crippen LogP contribution < -0.4 is 5.32 Å². The van der Waals surface area contributed by atoms with Crippen LogP contribution in [0.5, 0.6) is 0 Å². The first-order valence-corrected chi connectivity index (χ1v) is 7.84. The van der Waals surface area contributed by atoms with Gasteiger partial charge in [0.05, 0.1) is 5.01 Å². The van der Waals surface area contributed by atoms with Crippen LogP contribution in [-0.2, 0) is 12.0 Å². The Kier molecular flexibility index (Phi) is 4.35. The van der Waals surface area contributed by atoms with Gasteiger partial charge in [-0.15, -0.1) is 11.3 Å². The summed E-state index contributed by atoms with van der Waals surface area (Å²) in [6.45, 7) is 13.6. The van der Waals surface area contributed by atoms with Crippen LogP contribution in [-0.4, -0.2) is 4.98 Å². The van der Waals surface area contributed by atoms with Crippen molar-refractivity contribution in [3.8, 4) is 0 Å². The average Bonchev–Trinajstić information content (AvgIpc) is 2.92. The third kappa shape index (κ3) is 3.49. The summed E-state index contributed by atoms with van der Waals surface area (Å²) in [5.74, 6) is 1.97. The molecule has 1 unspecified atom stereocenters. The molecule has 0 radical (unpaired) electrons. The normalized spacial score (nSPS) is 13.7. The molecule has 4 heteroatoms. The highest BCUT2D eigenvalue weighted by atomic mass is 32.1. The van der Waals surface area contributed by atoms with Gasteiger partial charge < -0.3 is 9.73 Å². The van der Waals surface area contributed by atoms with Crippen LogP contribution in [0.15, 0.2) is 16.7 Å². The Morgan fingerprint density at radius 1 is 1.35 bits per heavy atom. The second kappa shape index (κ2) is 5.70. The Labute approximate surface area is 125 Å². The van der Waals surface area contributed by atoms with Crippen molar-refractivity contribution in [1.82, 2.24) is 10.3 Å². The molecular weight excluding hydrogens is 268 g/mol. The number of nitrogens with one attached hydrogen (secondary N) is 1. The SMILES string of the molecule is Cc1cc(C(C)NCc2cnc(C(C)(C)C)s2)c(C)o1. The smallest absolute Gasteiger partial charge is 0.105 e. The van der Waals surface area contributed by atoms with E-state index in [1.54, 1.807) is 11.3 Å². The Balaban J connectivity index is 1.98. The van der Waals surface area contributed by atoms with E-state index in [1.807, 2.05) is 20.0 Å². The lowest BCUT2D eigenvalue weighted by atomic mass is 9.98. The van der Waals surface area contributed by atoms with E-state index >= 15 is 0 Å². The standard InChI is InChI=1S/C16H24N2OS/c1-10-7-14(12(3)19-10)11(2)17-8-13-9-18-15(20-13)16(4,5)6/h7,9,11,17H,8H2,1-6H3. The average molecular weight is 292 g/mol. The van der Waals surface area contributed by atoms with Crippen LogP contribution in [0.2, 0.25) is 0 Å². The lowest BCUT2D eigenvalue weighted by Gasteiger charge is -2.14. The third-order valence-electron chi connectivity index (χ3n) is 3.32. The molecule has 0 spiro atoms. The molecule has 0 fully saturated rings. The molecule has 2 heterocycles. The number of hydrogen-bond acceptors (Lipinski definition) is 4. The van der Waals surface area contributed by atoms with E-state index in [9.17, 15) is 0 Å². The largest absolute Gasteiger partial charge is 0.466 e. The molecule has 2 aromatic rings. The molecule has 0 aromatic carbocycles. The van der Waals surface area contributed by atoms with E-state index in [0.29, 0.717) is 0 Å². The van der Waals surface area contributed by atoms with Crippen molar-refractivity contribution in [2.45, 2.75) is 59.5 Å². The number of aromatic nitrogens is 1. The molecule has 3 nitrogen and oxygen atoms in total. The topological polar surface area (TPSA) is 38.1 Å². The molecule has 1 atom stereocenters. The second-order valence-corrected chi connectivity index (χ2v) is 7.47. The fraction of sp³-hybridized carbons (Fsp3) is 0.562. The fourth-order valence-electron chi connectivity index (χ4n) is 2.18. The van der Waals surface area contributed by atoms with E-state index < -0.39 is 0 Å². The lowest BCUT2D eigenvalue weighted by molar-refractivity contribution is 0.490. The highest BCUT2D eigenvalue weighted by Crippen LogP contribution is 2.27. The van der Waals surface area contributed by atoms with Crippen molar-refractivity contribution in [1.29, 1.82) is 0 Å². The predicted octanol–water partition coefficient (Wildman–Crippen LogP) is 4.50. The van der Waals surface area contributed by atoms with Crippen molar-refractivity contribution in [3.05, 3.63) is 39.2 Å². The first-order chi connectivity index (χ1) is 9.27. The zero-order valence-electron chi connectivity index (χ0n) is 13.2. The Morgan fingerprint density at radius 3 is 2.55 bits per heavy atom. The van der Waals surface area contributed by atoms with Gasteiger partial charge in [0.1, 0.15) is 11.5 Å². The van der Waals surface area contributed by atoms with E-state index in [0.717, 1.165) is 18.1 Å². The maximum atomic E-state index is 5.59. The minimum atomic E-state index is 0.132. The molecule has 110 valence electrons. The highest BCUT2D eigenvalue weighted by Gasteiger charge is 2.18. The van der Waals surface area contributed by atoms with Gasteiger partial charge in [0.25, 0.3) is 0 Å². The Hall–Kier alpha value is -1.13. The van der Waals surface area contributed by atoms with E-state index in [2.05, 4.69) is 44.1 Å². The molecule has 0 aliphatic carbocycles. The zero-order chi connectivity index (χ0) is 14.9. The van der Waals surface area contributed by atoms with Crippen LogP contribution >= 0.6 is 11.3 Å². The lowest BCUT2D eigenvalue weighted by Crippen LogP contribution is -2.17. The number of nitrogens with zero attached hydrogens (tertiary/aromatic N) is 1. The van der Waals surface area contributed by atoms with Gasteiger partial charge in [0.15, 0.2) is 0 Å². The predicted molar refractivity (Wildman–Crippen MR) is 84.3 cm³/mol. The van der Waals surface area contributed by atoms with Crippen LogP contribution in [0.1, 0.15) is 60.7 Å². The number of aryl methyl sites for hydroxylation is 2. The van der Waals surface area contributed by atoms with Gasteiger partial charge in [-0.1, -0.05) is 20.8 Å². The summed E-state index contributed by atoms with van der Waals surface area (Å²) in [7, 11) is 0. The van der Waals surface area contributed by atoms with E-state index in [4.69, 9.17) is 4.42 Å². The van der Waals surface area contributed by atoms with Crippen molar-refractivity contribution in [3.63, 3.8) is 0 Å². The van der Waals surface area contributed by atoms with Crippen LogP contribution in [0.4, 0.5) is 0 Å². The summed E-state index contributed by atoms with van der Waals surface area (Å²) in [4.78, 5) is 5.80. The minimum Gasteiger partial charge on any atom is -0.466 e. The maximum absolute atomic E-state index is 5.59. The second-order valence-electron chi connectivity index (χ2n) is 6.35. The van der Waals surface area contributed by atoms with Gasteiger partial charge in [0, 0.05) is 34.6 Å². The van der Waals surface area contributed by atoms with Crippen molar-refractivity contribution < 1.29 is 4.42 Å². The number of thiazole rings is 1. The molecule has 0 aliphatic rings. The van der Waals surface area contributed by atoms with Crippen molar-refractivity contribution in [2.24, 2.45) is 0 Å². The number of hydrogen-bond donors (Lipinski definition) is 1. The summed E-state index contributed by atoms with van der Waals surface area (Å²) in [5.41, 5.74) is 1.37. The number of furan rings is 1. The van der Waals surface area contributed by atoms with Gasteiger partial charge in [-0.3, -0.25) is 0 Å². The summed E-state index contributed by atoms with van der Waals surface area (Å²) < 4.78 is 5.59. The Morgan fingerprint density at radius 2 is 2.05 bits per heavy atom. The molecule has 0 saturated carbocycles. The van der Waals surface area contributed by atoms with Crippen molar-refractivity contribution in [2.75, 3.05) is 0 Å². The monoisotopic (exact) mass is 292 g/mol. The molecule has 0 aliphatic heterocycles. The molecule has 20 heavy (non-hydrogen) atoms. The molecular formula is C16H24N2OS.